The summed E-state index contributed by atoms with van der Waals surface area (Å²) < 4.78 is 0. The van der Waals surface area contributed by atoms with E-state index in [-0.39, 0.29) is 23.6 Å². The Labute approximate surface area is 162 Å². The molecule has 1 aromatic heterocycles. The second kappa shape index (κ2) is 7.68. The summed E-state index contributed by atoms with van der Waals surface area (Å²) in [6, 6.07) is 14.5. The second-order valence-corrected chi connectivity index (χ2v) is 7.00. The highest BCUT2D eigenvalue weighted by molar-refractivity contribution is 6.01. The number of carbonyl (C=O) groups excluding carboxylic acids is 2. The molecule has 2 N–H and O–H groups in total. The van der Waals surface area contributed by atoms with Crippen molar-refractivity contribution in [1.82, 2.24) is 15.2 Å². The molecule has 28 heavy (non-hydrogen) atoms. The molecule has 0 atom stereocenters. The summed E-state index contributed by atoms with van der Waals surface area (Å²) in [4.78, 5) is 30.8. The van der Waals surface area contributed by atoms with Gasteiger partial charge in [-0.1, -0.05) is 24.3 Å². The molecule has 1 saturated heterocycles. The molecule has 2 amide bonds. The molecular formula is C22H21N3O3. The van der Waals surface area contributed by atoms with Crippen molar-refractivity contribution in [3.05, 3.63) is 72.1 Å². The van der Waals surface area contributed by atoms with Gasteiger partial charge in [0.05, 0.1) is 11.1 Å². The Balaban J connectivity index is 1.40. The number of phenols is 1. The van der Waals surface area contributed by atoms with Gasteiger partial charge in [-0.3, -0.25) is 14.6 Å². The molecule has 0 aliphatic carbocycles. The number of fused-ring (bicyclic) bond motifs is 1. The monoisotopic (exact) mass is 375 g/mol. The van der Waals surface area contributed by atoms with Crippen molar-refractivity contribution in [3.8, 4) is 5.75 Å². The number of pyridine rings is 1. The number of carbonyl (C=O) groups is 2. The average molecular weight is 375 g/mol. The van der Waals surface area contributed by atoms with E-state index in [1.165, 1.54) is 6.20 Å². The molecule has 1 fully saturated rings. The van der Waals surface area contributed by atoms with E-state index >= 15 is 0 Å². The molecule has 1 aliphatic heterocycles. The molecule has 2 heterocycles. The standard InChI is InChI=1S/C22H21N3O3/c26-20-13-16-5-2-1-4-15(16)12-19(20)22(28)25-10-7-18(8-11-25)24-21(27)17-6-3-9-23-14-17/h1-6,9,12-14,18,26H,7-8,10-11H2,(H,24,27). The maximum atomic E-state index is 12.9. The van der Waals surface area contributed by atoms with Crippen molar-refractivity contribution >= 4 is 22.6 Å². The van der Waals surface area contributed by atoms with Crippen LogP contribution < -0.4 is 5.32 Å². The zero-order chi connectivity index (χ0) is 19.5. The minimum absolute atomic E-state index is 0.00398. The number of hydrogen-bond donors (Lipinski definition) is 2. The molecule has 0 spiro atoms. The van der Waals surface area contributed by atoms with Gasteiger partial charge in [-0.05, 0) is 47.9 Å². The third kappa shape index (κ3) is 3.67. The molecule has 2 aromatic carbocycles. The minimum atomic E-state index is -0.180. The number of likely N-dealkylation sites (tertiary alicyclic amines) is 1. The second-order valence-electron chi connectivity index (χ2n) is 7.00. The van der Waals surface area contributed by atoms with E-state index in [0.29, 0.717) is 37.1 Å². The molecule has 0 saturated carbocycles. The van der Waals surface area contributed by atoms with E-state index < -0.39 is 0 Å². The highest BCUT2D eigenvalue weighted by Crippen LogP contribution is 2.27. The number of phenolic OH excluding ortho intramolecular Hbond substituents is 1. The topological polar surface area (TPSA) is 82.5 Å². The van der Waals surface area contributed by atoms with E-state index in [9.17, 15) is 14.7 Å². The van der Waals surface area contributed by atoms with Crippen molar-refractivity contribution in [2.45, 2.75) is 18.9 Å². The zero-order valence-corrected chi connectivity index (χ0v) is 15.3. The maximum absolute atomic E-state index is 12.9. The van der Waals surface area contributed by atoms with Crippen molar-refractivity contribution < 1.29 is 14.7 Å². The van der Waals surface area contributed by atoms with Crippen molar-refractivity contribution in [2.75, 3.05) is 13.1 Å². The summed E-state index contributed by atoms with van der Waals surface area (Å²) in [6.45, 7) is 1.06. The van der Waals surface area contributed by atoms with E-state index in [4.69, 9.17) is 0 Å². The normalized spacial score (nSPS) is 14.8. The van der Waals surface area contributed by atoms with Crippen LogP contribution >= 0.6 is 0 Å². The van der Waals surface area contributed by atoms with Crippen LogP contribution in [0.3, 0.4) is 0 Å². The number of piperidine rings is 1. The molecule has 6 nitrogen and oxygen atoms in total. The number of aromatic hydroxyl groups is 1. The summed E-state index contributed by atoms with van der Waals surface area (Å²) in [7, 11) is 0. The molecule has 0 radical (unpaired) electrons. The largest absolute Gasteiger partial charge is 0.507 e. The van der Waals surface area contributed by atoms with Gasteiger partial charge in [-0.25, -0.2) is 0 Å². The lowest BCUT2D eigenvalue weighted by Gasteiger charge is -2.32. The van der Waals surface area contributed by atoms with Gasteiger partial charge in [0.1, 0.15) is 5.75 Å². The minimum Gasteiger partial charge on any atom is -0.507 e. The molecule has 0 unspecified atom stereocenters. The first-order valence-electron chi connectivity index (χ1n) is 9.34. The van der Waals surface area contributed by atoms with Crippen LogP contribution in [0, 0.1) is 0 Å². The number of benzene rings is 2. The summed E-state index contributed by atoms with van der Waals surface area (Å²) in [5.74, 6) is -0.332. The summed E-state index contributed by atoms with van der Waals surface area (Å²) in [5, 5.41) is 15.1. The Hall–Kier alpha value is -3.41. The van der Waals surface area contributed by atoms with Crippen LogP contribution in [0.5, 0.6) is 5.75 Å². The van der Waals surface area contributed by atoms with Crippen LogP contribution in [0.1, 0.15) is 33.6 Å². The van der Waals surface area contributed by atoms with Crippen LogP contribution in [-0.4, -0.2) is 45.9 Å². The number of rotatable bonds is 3. The van der Waals surface area contributed by atoms with Crippen LogP contribution in [0.2, 0.25) is 0 Å². The third-order valence-electron chi connectivity index (χ3n) is 5.14. The number of aromatic nitrogens is 1. The molecule has 0 bridgehead atoms. The molecule has 142 valence electrons. The average Bonchev–Trinajstić information content (AvgIpc) is 2.74. The Morgan fingerprint density at radius 1 is 1.04 bits per heavy atom. The summed E-state index contributed by atoms with van der Waals surface area (Å²) in [6.07, 6.45) is 4.51. The van der Waals surface area contributed by atoms with Crippen LogP contribution in [-0.2, 0) is 0 Å². The maximum Gasteiger partial charge on any atom is 0.257 e. The van der Waals surface area contributed by atoms with Gasteiger partial charge in [-0.15, -0.1) is 0 Å². The van der Waals surface area contributed by atoms with E-state index in [0.717, 1.165) is 10.8 Å². The van der Waals surface area contributed by atoms with E-state index in [1.54, 1.807) is 35.4 Å². The first kappa shape index (κ1) is 18.0. The Kier molecular flexibility index (Phi) is 4.93. The first-order chi connectivity index (χ1) is 13.6. The SMILES string of the molecule is O=C(NC1CCN(C(=O)c2cc3ccccc3cc2O)CC1)c1cccnc1. The summed E-state index contributed by atoms with van der Waals surface area (Å²) >= 11 is 0. The van der Waals surface area contributed by atoms with Gasteiger partial charge in [-0.2, -0.15) is 0 Å². The van der Waals surface area contributed by atoms with Gasteiger partial charge in [0.2, 0.25) is 0 Å². The quantitative estimate of drug-likeness (QED) is 0.737. The van der Waals surface area contributed by atoms with Crippen molar-refractivity contribution in [3.63, 3.8) is 0 Å². The van der Waals surface area contributed by atoms with Gasteiger partial charge >= 0.3 is 0 Å². The van der Waals surface area contributed by atoms with E-state index in [1.807, 2.05) is 24.3 Å². The number of amides is 2. The van der Waals surface area contributed by atoms with E-state index in [2.05, 4.69) is 10.3 Å². The van der Waals surface area contributed by atoms with Crippen molar-refractivity contribution in [2.24, 2.45) is 0 Å². The summed E-state index contributed by atoms with van der Waals surface area (Å²) in [5.41, 5.74) is 0.846. The van der Waals surface area contributed by atoms with Gasteiger partial charge in [0.15, 0.2) is 0 Å². The fourth-order valence-electron chi connectivity index (χ4n) is 3.56. The van der Waals surface area contributed by atoms with Crippen LogP contribution in [0.4, 0.5) is 0 Å². The molecule has 4 rings (SSSR count). The van der Waals surface area contributed by atoms with Crippen LogP contribution in [0.15, 0.2) is 60.9 Å². The lowest BCUT2D eigenvalue weighted by Crippen LogP contribution is -2.46. The number of hydrogen-bond acceptors (Lipinski definition) is 4. The fourth-order valence-corrected chi connectivity index (χ4v) is 3.56. The number of nitrogens with one attached hydrogen (secondary N) is 1. The van der Waals surface area contributed by atoms with Gasteiger partial charge < -0.3 is 15.3 Å². The smallest absolute Gasteiger partial charge is 0.257 e. The lowest BCUT2D eigenvalue weighted by molar-refractivity contribution is 0.0695. The third-order valence-corrected chi connectivity index (χ3v) is 5.14. The fraction of sp³-hybridized carbons (Fsp3) is 0.227. The molecular weight excluding hydrogens is 354 g/mol. The Morgan fingerprint density at radius 2 is 1.75 bits per heavy atom. The Bertz CT molecular complexity index is 1010. The lowest BCUT2D eigenvalue weighted by atomic mass is 10.0. The predicted molar refractivity (Wildman–Crippen MR) is 106 cm³/mol. The number of nitrogens with zero attached hydrogens (tertiary/aromatic N) is 2. The highest BCUT2D eigenvalue weighted by atomic mass is 16.3. The van der Waals surface area contributed by atoms with Crippen molar-refractivity contribution in [1.29, 1.82) is 0 Å². The van der Waals surface area contributed by atoms with Crippen LogP contribution in [0.25, 0.3) is 10.8 Å². The molecule has 1 aliphatic rings. The van der Waals surface area contributed by atoms with Gasteiger partial charge in [0.25, 0.3) is 11.8 Å². The predicted octanol–water partition coefficient (Wildman–Crippen LogP) is 2.98. The molecule has 3 aromatic rings. The van der Waals surface area contributed by atoms with Gasteiger partial charge in [0, 0.05) is 31.5 Å². The first-order valence-corrected chi connectivity index (χ1v) is 9.34. The Morgan fingerprint density at radius 3 is 2.43 bits per heavy atom. The zero-order valence-electron chi connectivity index (χ0n) is 15.3. The highest BCUT2D eigenvalue weighted by Gasteiger charge is 2.26. The molecule has 6 heteroatoms.